The molecule has 2 amide bonds. The van der Waals surface area contributed by atoms with E-state index in [1.54, 1.807) is 23.4 Å². The number of amides is 2. The fourth-order valence-electron chi connectivity index (χ4n) is 1.68. The second-order valence-corrected chi connectivity index (χ2v) is 5.48. The number of nitriles is 1. The van der Waals surface area contributed by atoms with Gasteiger partial charge in [-0.05, 0) is 35.6 Å². The molecule has 88 valence electrons. The molecule has 0 radical (unpaired) electrons. The van der Waals surface area contributed by atoms with Crippen molar-refractivity contribution < 1.29 is 4.79 Å². The lowest BCUT2D eigenvalue weighted by molar-refractivity contribution is 0.0970. The molecule has 1 saturated heterocycles. The molecule has 1 aliphatic rings. The van der Waals surface area contributed by atoms with Crippen LogP contribution in [0.2, 0.25) is 0 Å². The van der Waals surface area contributed by atoms with Crippen LogP contribution in [0, 0.1) is 20.3 Å². The van der Waals surface area contributed by atoms with Gasteiger partial charge in [0.25, 0.3) is 0 Å². The largest absolute Gasteiger partial charge is 0.321 e. The smallest absolute Gasteiger partial charge is 0.321 e. The summed E-state index contributed by atoms with van der Waals surface area (Å²) in [5.41, 5.74) is 0.360. The van der Waals surface area contributed by atoms with Crippen LogP contribution in [0.3, 0.4) is 0 Å². The van der Waals surface area contributed by atoms with Crippen molar-refractivity contribution in [2.45, 2.75) is 6.92 Å². The Balaban J connectivity index is 1.97. The van der Waals surface area contributed by atoms with Crippen LogP contribution >= 0.6 is 22.6 Å². The zero-order valence-corrected chi connectivity index (χ0v) is 11.4. The van der Waals surface area contributed by atoms with Gasteiger partial charge in [-0.2, -0.15) is 5.26 Å². The molecule has 0 aromatic carbocycles. The highest BCUT2D eigenvalue weighted by atomic mass is 127. The monoisotopic (exact) mass is 342 g/mol. The summed E-state index contributed by atoms with van der Waals surface area (Å²) in [6.07, 6.45) is 3.32. The van der Waals surface area contributed by atoms with Crippen LogP contribution in [0.4, 0.5) is 10.5 Å². The second kappa shape index (κ2) is 4.49. The standard InChI is InChI=1S/C11H11IN4O/c1-11(5-13)6-16(7-11)10(17)15-9-2-3-14-4-8(9)12/h2-4H,6-7H2,1H3,(H,14,15,17). The van der Waals surface area contributed by atoms with Crippen LogP contribution < -0.4 is 5.32 Å². The van der Waals surface area contributed by atoms with Gasteiger partial charge in [-0.15, -0.1) is 0 Å². The predicted octanol–water partition coefficient (Wildman–Crippen LogP) is 2.06. The number of carbonyl (C=O) groups is 1. The number of nitrogens with zero attached hydrogens (tertiary/aromatic N) is 3. The molecule has 0 atom stereocenters. The Morgan fingerprint density at radius 1 is 1.71 bits per heavy atom. The van der Waals surface area contributed by atoms with E-state index >= 15 is 0 Å². The molecule has 0 bridgehead atoms. The van der Waals surface area contributed by atoms with Crippen molar-refractivity contribution in [3.05, 3.63) is 22.0 Å². The van der Waals surface area contributed by atoms with Gasteiger partial charge in [-0.3, -0.25) is 4.98 Å². The summed E-state index contributed by atoms with van der Waals surface area (Å²) in [5, 5.41) is 11.7. The van der Waals surface area contributed by atoms with Crippen molar-refractivity contribution in [2.24, 2.45) is 5.41 Å². The van der Waals surface area contributed by atoms with Gasteiger partial charge in [-0.25, -0.2) is 4.79 Å². The Kier molecular flexibility index (Phi) is 3.19. The lowest BCUT2D eigenvalue weighted by Crippen LogP contribution is -2.57. The summed E-state index contributed by atoms with van der Waals surface area (Å²) >= 11 is 2.11. The molecule has 1 N–H and O–H groups in total. The molecule has 17 heavy (non-hydrogen) atoms. The lowest BCUT2D eigenvalue weighted by atomic mass is 9.84. The first-order chi connectivity index (χ1) is 8.04. The molecule has 2 rings (SSSR count). The van der Waals surface area contributed by atoms with E-state index in [1.165, 1.54) is 0 Å². The average Bonchev–Trinajstić information content (AvgIpc) is 2.28. The molecule has 0 spiro atoms. The van der Waals surface area contributed by atoms with Crippen molar-refractivity contribution in [1.29, 1.82) is 5.26 Å². The van der Waals surface area contributed by atoms with E-state index in [0.717, 1.165) is 9.26 Å². The van der Waals surface area contributed by atoms with Gasteiger partial charge in [0.1, 0.15) is 0 Å². The topological polar surface area (TPSA) is 69.0 Å². The van der Waals surface area contributed by atoms with Crippen LogP contribution in [0.5, 0.6) is 0 Å². The van der Waals surface area contributed by atoms with Crippen molar-refractivity contribution in [3.63, 3.8) is 0 Å². The maximum absolute atomic E-state index is 11.8. The van der Waals surface area contributed by atoms with E-state index in [1.807, 2.05) is 6.92 Å². The average molecular weight is 342 g/mol. The number of rotatable bonds is 1. The Morgan fingerprint density at radius 2 is 2.41 bits per heavy atom. The van der Waals surface area contributed by atoms with Gasteiger partial charge in [0.2, 0.25) is 0 Å². The molecule has 6 heteroatoms. The number of hydrogen-bond donors (Lipinski definition) is 1. The van der Waals surface area contributed by atoms with Crippen LogP contribution in [-0.2, 0) is 0 Å². The predicted molar refractivity (Wildman–Crippen MR) is 71.3 cm³/mol. The van der Waals surface area contributed by atoms with Gasteiger partial charge in [0.15, 0.2) is 0 Å². The Bertz CT molecular complexity index is 490. The molecular weight excluding hydrogens is 331 g/mol. The number of aromatic nitrogens is 1. The zero-order chi connectivity index (χ0) is 12.5. The third-order valence-corrected chi connectivity index (χ3v) is 3.51. The first kappa shape index (κ1) is 12.1. The molecule has 0 aliphatic carbocycles. The number of halogens is 1. The third-order valence-electron chi connectivity index (χ3n) is 2.65. The highest BCUT2D eigenvalue weighted by Gasteiger charge is 2.41. The van der Waals surface area contributed by atoms with Gasteiger partial charge in [-0.1, -0.05) is 0 Å². The minimum Gasteiger partial charge on any atom is -0.321 e. The van der Waals surface area contributed by atoms with Gasteiger partial charge >= 0.3 is 6.03 Å². The van der Waals surface area contributed by atoms with Crippen LogP contribution in [-0.4, -0.2) is 29.0 Å². The molecule has 1 aromatic heterocycles. The number of urea groups is 1. The van der Waals surface area contributed by atoms with E-state index < -0.39 is 0 Å². The van der Waals surface area contributed by atoms with Gasteiger partial charge in [0.05, 0.1) is 20.7 Å². The minimum absolute atomic E-state index is 0.165. The van der Waals surface area contributed by atoms with Crippen LogP contribution in [0.25, 0.3) is 0 Å². The summed E-state index contributed by atoms with van der Waals surface area (Å²) in [5.74, 6) is 0. The van der Waals surface area contributed by atoms with E-state index in [4.69, 9.17) is 5.26 Å². The van der Waals surface area contributed by atoms with E-state index in [2.05, 4.69) is 39.0 Å². The molecular formula is C11H11IN4O. The summed E-state index contributed by atoms with van der Waals surface area (Å²) in [6, 6.07) is 3.79. The SMILES string of the molecule is CC1(C#N)CN(C(=O)Nc2ccncc2I)C1. The Hall–Kier alpha value is -1.36. The lowest BCUT2D eigenvalue weighted by Gasteiger charge is -2.43. The molecule has 2 heterocycles. The number of likely N-dealkylation sites (tertiary alicyclic amines) is 1. The van der Waals surface area contributed by atoms with Crippen LogP contribution in [0.1, 0.15) is 6.92 Å². The summed E-state index contributed by atoms with van der Waals surface area (Å²) in [6.45, 7) is 2.82. The summed E-state index contributed by atoms with van der Waals surface area (Å²) in [4.78, 5) is 17.4. The highest BCUT2D eigenvalue weighted by Crippen LogP contribution is 2.29. The van der Waals surface area contributed by atoms with Crippen molar-refractivity contribution in [2.75, 3.05) is 18.4 Å². The van der Waals surface area contributed by atoms with Gasteiger partial charge < -0.3 is 10.2 Å². The van der Waals surface area contributed by atoms with E-state index in [0.29, 0.717) is 13.1 Å². The Labute approximate surface area is 113 Å². The maximum Gasteiger partial charge on any atom is 0.321 e. The molecule has 1 aromatic rings. The number of pyridine rings is 1. The summed E-state index contributed by atoms with van der Waals surface area (Å²) in [7, 11) is 0. The number of anilines is 1. The first-order valence-electron chi connectivity index (χ1n) is 5.11. The molecule has 1 fully saturated rings. The Morgan fingerprint density at radius 3 is 3.00 bits per heavy atom. The van der Waals surface area contributed by atoms with Crippen LogP contribution in [0.15, 0.2) is 18.5 Å². The van der Waals surface area contributed by atoms with Crippen molar-refractivity contribution in [1.82, 2.24) is 9.88 Å². The third kappa shape index (κ3) is 2.49. The fraction of sp³-hybridized carbons (Fsp3) is 0.364. The number of hydrogen-bond acceptors (Lipinski definition) is 3. The van der Waals surface area contributed by atoms with Crippen molar-refractivity contribution >= 4 is 34.3 Å². The molecule has 0 unspecified atom stereocenters. The molecule has 0 saturated carbocycles. The number of carbonyl (C=O) groups excluding carboxylic acids is 1. The normalized spacial score (nSPS) is 16.9. The van der Waals surface area contributed by atoms with Gasteiger partial charge in [0, 0.05) is 25.5 Å². The van der Waals surface area contributed by atoms with E-state index in [-0.39, 0.29) is 11.4 Å². The summed E-state index contributed by atoms with van der Waals surface area (Å²) < 4.78 is 0.891. The quantitative estimate of drug-likeness (QED) is 0.795. The zero-order valence-electron chi connectivity index (χ0n) is 9.27. The minimum atomic E-state index is -0.386. The van der Waals surface area contributed by atoms with E-state index in [9.17, 15) is 4.79 Å². The highest BCUT2D eigenvalue weighted by molar-refractivity contribution is 14.1. The molecule has 1 aliphatic heterocycles. The maximum atomic E-state index is 11.8. The first-order valence-corrected chi connectivity index (χ1v) is 6.19. The number of nitrogens with one attached hydrogen (secondary N) is 1. The second-order valence-electron chi connectivity index (χ2n) is 4.31. The fourth-order valence-corrected chi connectivity index (χ4v) is 2.16. The molecule has 5 nitrogen and oxygen atoms in total. The van der Waals surface area contributed by atoms with Crippen molar-refractivity contribution in [3.8, 4) is 6.07 Å².